The molecule has 0 radical (unpaired) electrons. The van der Waals surface area contributed by atoms with Crippen LogP contribution in [-0.4, -0.2) is 43.4 Å². The highest BCUT2D eigenvalue weighted by Crippen LogP contribution is 2.44. The number of fused-ring (bicyclic) bond motifs is 2. The van der Waals surface area contributed by atoms with E-state index in [4.69, 9.17) is 11.6 Å². The van der Waals surface area contributed by atoms with Crippen molar-refractivity contribution in [2.24, 2.45) is 16.8 Å². The van der Waals surface area contributed by atoms with E-state index in [1.54, 1.807) is 19.0 Å². The minimum absolute atomic E-state index is 0. The maximum absolute atomic E-state index is 11.9. The number of amides is 1. The number of hydrogen-bond donors (Lipinski definition) is 2. The second-order valence-electron chi connectivity index (χ2n) is 7.36. The number of guanidine groups is 1. The Morgan fingerprint density at radius 2 is 1.96 bits per heavy atom. The van der Waals surface area contributed by atoms with Crippen LogP contribution in [0.15, 0.2) is 29.3 Å². The van der Waals surface area contributed by atoms with Crippen LogP contribution in [0.4, 0.5) is 0 Å². The van der Waals surface area contributed by atoms with Gasteiger partial charge in [-0.25, -0.2) is 4.99 Å². The lowest BCUT2D eigenvalue weighted by Crippen LogP contribution is -2.48. The zero-order chi connectivity index (χ0) is 17.8. The third kappa shape index (κ3) is 5.74. The highest BCUT2D eigenvalue weighted by atomic mass is 127. The van der Waals surface area contributed by atoms with Gasteiger partial charge in [0.2, 0.25) is 5.91 Å². The number of halogens is 2. The summed E-state index contributed by atoms with van der Waals surface area (Å²) in [7, 11) is 3.52. The normalized spacial score (nSPS) is 24.1. The number of nitrogens with zero attached hydrogens (tertiary/aromatic N) is 2. The number of benzene rings is 1. The van der Waals surface area contributed by atoms with Crippen molar-refractivity contribution in [3.8, 4) is 0 Å². The average Bonchev–Trinajstić information content (AvgIpc) is 3.21. The zero-order valence-electron chi connectivity index (χ0n) is 15.4. The van der Waals surface area contributed by atoms with Crippen molar-refractivity contribution < 1.29 is 4.79 Å². The molecular weight excluding hydrogens is 463 g/mol. The fourth-order valence-corrected chi connectivity index (χ4v) is 3.95. The Labute approximate surface area is 178 Å². The van der Waals surface area contributed by atoms with Gasteiger partial charge in [-0.15, -0.1) is 24.0 Å². The molecule has 7 heteroatoms. The third-order valence-electron chi connectivity index (χ3n) is 5.30. The number of carbonyl (C=O) groups excluding carboxylic acids is 1. The minimum atomic E-state index is 0. The lowest BCUT2D eigenvalue weighted by Gasteiger charge is -2.25. The molecule has 144 valence electrons. The summed E-state index contributed by atoms with van der Waals surface area (Å²) in [5.74, 6) is 2.37. The maximum atomic E-state index is 11.9. The molecule has 5 nitrogen and oxygen atoms in total. The molecule has 2 bridgehead atoms. The molecule has 0 spiro atoms. The molecule has 2 aliphatic rings. The lowest BCUT2D eigenvalue weighted by molar-refractivity contribution is -0.127. The molecule has 2 N–H and O–H groups in total. The van der Waals surface area contributed by atoms with Gasteiger partial charge in [0.1, 0.15) is 0 Å². The van der Waals surface area contributed by atoms with E-state index in [0.717, 1.165) is 28.4 Å². The Kier molecular flexibility index (Phi) is 8.01. The molecule has 0 aliphatic heterocycles. The second-order valence-corrected chi connectivity index (χ2v) is 7.80. The van der Waals surface area contributed by atoms with Gasteiger partial charge in [-0.05, 0) is 48.8 Å². The summed E-state index contributed by atoms with van der Waals surface area (Å²) in [5, 5.41) is 7.48. The molecule has 3 atom stereocenters. The Hall–Kier alpha value is -1.02. The van der Waals surface area contributed by atoms with Crippen LogP contribution < -0.4 is 10.6 Å². The Balaban J connectivity index is 0.00000243. The van der Waals surface area contributed by atoms with Gasteiger partial charge in [0, 0.05) is 25.2 Å². The molecule has 2 saturated carbocycles. The van der Waals surface area contributed by atoms with Gasteiger partial charge in [0.05, 0.1) is 13.1 Å². The van der Waals surface area contributed by atoms with Crippen molar-refractivity contribution in [1.29, 1.82) is 0 Å². The molecule has 2 aliphatic carbocycles. The molecule has 0 heterocycles. The van der Waals surface area contributed by atoms with Crippen LogP contribution in [-0.2, 0) is 11.3 Å². The number of carbonyl (C=O) groups is 1. The van der Waals surface area contributed by atoms with Crippen LogP contribution >= 0.6 is 35.6 Å². The standard InChI is InChI=1S/C19H27ClN4O.HI/c1-24(2)18(25)12-22-19(21-11-13-4-7-16(20)8-5-13)23-17-10-14-3-6-15(17)9-14;/h4-5,7-8,14-15,17H,3,6,9-12H2,1-2H3,(H2,21,22,23);1H. The van der Waals surface area contributed by atoms with Crippen LogP contribution in [0, 0.1) is 11.8 Å². The fourth-order valence-electron chi connectivity index (χ4n) is 3.83. The van der Waals surface area contributed by atoms with Gasteiger partial charge >= 0.3 is 0 Å². The van der Waals surface area contributed by atoms with Crippen molar-refractivity contribution in [3.05, 3.63) is 34.9 Å². The predicted octanol–water partition coefficient (Wildman–Crippen LogP) is 3.27. The highest BCUT2D eigenvalue weighted by molar-refractivity contribution is 14.0. The summed E-state index contributed by atoms with van der Waals surface area (Å²) in [6.45, 7) is 0.809. The Bertz CT molecular complexity index is 635. The summed E-state index contributed by atoms with van der Waals surface area (Å²) in [6.07, 6.45) is 5.22. The molecule has 1 amide bonds. The Morgan fingerprint density at radius 3 is 2.54 bits per heavy atom. The summed E-state index contributed by atoms with van der Waals surface area (Å²) in [5.41, 5.74) is 1.09. The molecule has 3 rings (SSSR count). The molecular formula is C19H28ClIN4O. The first kappa shape index (κ1) is 21.3. The van der Waals surface area contributed by atoms with Gasteiger partial charge in [-0.1, -0.05) is 30.2 Å². The molecule has 2 fully saturated rings. The van der Waals surface area contributed by atoms with Crippen LogP contribution in [0.25, 0.3) is 0 Å². The first-order chi connectivity index (χ1) is 12.0. The lowest BCUT2D eigenvalue weighted by atomic mass is 9.95. The quantitative estimate of drug-likeness (QED) is 0.378. The molecule has 1 aromatic rings. The monoisotopic (exact) mass is 490 g/mol. The van der Waals surface area contributed by atoms with E-state index in [9.17, 15) is 4.79 Å². The van der Waals surface area contributed by atoms with Crippen molar-refractivity contribution in [3.63, 3.8) is 0 Å². The SMILES string of the molecule is CN(C)C(=O)CNC(=NCc1ccc(Cl)cc1)NC1CC2CCC1C2.I. The smallest absolute Gasteiger partial charge is 0.241 e. The largest absolute Gasteiger partial charge is 0.353 e. The van der Waals surface area contributed by atoms with Crippen LogP contribution in [0.3, 0.4) is 0 Å². The van der Waals surface area contributed by atoms with Crippen LogP contribution in [0.2, 0.25) is 5.02 Å². The van der Waals surface area contributed by atoms with E-state index >= 15 is 0 Å². The number of likely N-dealkylation sites (N-methyl/N-ethyl adjacent to an activating group) is 1. The minimum Gasteiger partial charge on any atom is -0.353 e. The molecule has 26 heavy (non-hydrogen) atoms. The molecule has 3 unspecified atom stereocenters. The van der Waals surface area contributed by atoms with Crippen molar-refractivity contribution >= 4 is 47.4 Å². The summed E-state index contributed by atoms with van der Waals surface area (Å²) in [4.78, 5) is 18.2. The number of rotatable bonds is 5. The summed E-state index contributed by atoms with van der Waals surface area (Å²) >= 11 is 5.94. The Morgan fingerprint density at radius 1 is 1.23 bits per heavy atom. The van der Waals surface area contributed by atoms with E-state index in [0.29, 0.717) is 12.6 Å². The zero-order valence-corrected chi connectivity index (χ0v) is 18.5. The maximum Gasteiger partial charge on any atom is 0.241 e. The van der Waals surface area contributed by atoms with Crippen LogP contribution in [0.1, 0.15) is 31.2 Å². The van der Waals surface area contributed by atoms with E-state index in [2.05, 4.69) is 15.6 Å². The van der Waals surface area contributed by atoms with Gasteiger partial charge in [-0.2, -0.15) is 0 Å². The second kappa shape index (κ2) is 9.78. The van der Waals surface area contributed by atoms with Gasteiger partial charge < -0.3 is 15.5 Å². The van der Waals surface area contributed by atoms with Crippen molar-refractivity contribution in [2.75, 3.05) is 20.6 Å². The van der Waals surface area contributed by atoms with Crippen molar-refractivity contribution in [2.45, 2.75) is 38.3 Å². The van der Waals surface area contributed by atoms with Gasteiger partial charge in [0.25, 0.3) is 0 Å². The van der Waals surface area contributed by atoms with E-state index < -0.39 is 0 Å². The number of aliphatic imine (C=N–C) groups is 1. The van der Waals surface area contributed by atoms with E-state index in [-0.39, 0.29) is 36.4 Å². The molecule has 1 aromatic carbocycles. The number of hydrogen-bond acceptors (Lipinski definition) is 2. The molecule has 0 aromatic heterocycles. The number of nitrogens with one attached hydrogen (secondary N) is 2. The van der Waals surface area contributed by atoms with E-state index in [1.807, 2.05) is 24.3 Å². The highest BCUT2D eigenvalue weighted by Gasteiger charge is 2.39. The average molecular weight is 491 g/mol. The van der Waals surface area contributed by atoms with Crippen LogP contribution in [0.5, 0.6) is 0 Å². The first-order valence-electron chi connectivity index (χ1n) is 9.00. The third-order valence-corrected chi connectivity index (χ3v) is 5.55. The molecule has 0 saturated heterocycles. The summed E-state index contributed by atoms with van der Waals surface area (Å²) in [6, 6.07) is 8.18. The predicted molar refractivity (Wildman–Crippen MR) is 117 cm³/mol. The summed E-state index contributed by atoms with van der Waals surface area (Å²) < 4.78 is 0. The van der Waals surface area contributed by atoms with Gasteiger partial charge in [0.15, 0.2) is 5.96 Å². The van der Waals surface area contributed by atoms with E-state index in [1.165, 1.54) is 25.7 Å². The fraction of sp³-hybridized carbons (Fsp3) is 0.579. The van der Waals surface area contributed by atoms with Crippen molar-refractivity contribution in [1.82, 2.24) is 15.5 Å². The topological polar surface area (TPSA) is 56.7 Å². The first-order valence-corrected chi connectivity index (χ1v) is 9.38. The van der Waals surface area contributed by atoms with Gasteiger partial charge in [-0.3, -0.25) is 4.79 Å².